The summed E-state index contributed by atoms with van der Waals surface area (Å²) in [5.41, 5.74) is -0.185. The van der Waals surface area contributed by atoms with Gasteiger partial charge in [-0.25, -0.2) is 0 Å². The van der Waals surface area contributed by atoms with Crippen LogP contribution < -0.4 is 20.1 Å². The summed E-state index contributed by atoms with van der Waals surface area (Å²) in [4.78, 5) is 12.1. The van der Waals surface area contributed by atoms with Crippen molar-refractivity contribution >= 4 is 23.2 Å². The summed E-state index contributed by atoms with van der Waals surface area (Å²) in [6, 6.07) is 3.23. The molecule has 0 saturated heterocycles. The lowest BCUT2D eigenvalue weighted by molar-refractivity contribution is -0.121. The summed E-state index contributed by atoms with van der Waals surface area (Å²) in [5.74, 6) is 0.767. The lowest BCUT2D eigenvalue weighted by atomic mass is 10.1. The van der Waals surface area contributed by atoms with E-state index in [0.717, 1.165) is 0 Å². The molecule has 0 aliphatic rings. The number of hydrogen-bond acceptors (Lipinski definition) is 4. The number of hydrogen-bond donors (Lipinski definition) is 2. The number of rotatable bonds is 5. The van der Waals surface area contributed by atoms with Gasteiger partial charge in [0.05, 0.1) is 30.5 Å². The number of amides is 1. The van der Waals surface area contributed by atoms with E-state index in [-0.39, 0.29) is 5.91 Å². The van der Waals surface area contributed by atoms with Crippen LogP contribution in [0.15, 0.2) is 12.1 Å². The molecule has 1 aromatic rings. The van der Waals surface area contributed by atoms with Crippen molar-refractivity contribution in [3.63, 3.8) is 0 Å². The fourth-order valence-electron chi connectivity index (χ4n) is 1.35. The monoisotopic (exact) mass is 286 g/mol. The van der Waals surface area contributed by atoms with Crippen LogP contribution in [0.3, 0.4) is 0 Å². The molecule has 0 spiro atoms. The van der Waals surface area contributed by atoms with Gasteiger partial charge in [-0.1, -0.05) is 11.6 Å². The van der Waals surface area contributed by atoms with Gasteiger partial charge in [0.1, 0.15) is 11.5 Å². The van der Waals surface area contributed by atoms with Crippen molar-refractivity contribution in [2.45, 2.75) is 19.4 Å². The van der Waals surface area contributed by atoms with Crippen molar-refractivity contribution in [2.75, 3.05) is 26.6 Å². The van der Waals surface area contributed by atoms with Gasteiger partial charge < -0.3 is 20.1 Å². The quantitative estimate of drug-likeness (QED) is 0.872. The van der Waals surface area contributed by atoms with Crippen LogP contribution in [0.1, 0.15) is 13.8 Å². The number of anilines is 1. The van der Waals surface area contributed by atoms with Crippen molar-refractivity contribution in [3.8, 4) is 11.5 Å². The summed E-state index contributed by atoms with van der Waals surface area (Å²) in [5, 5.41) is 6.14. The third-order valence-electron chi connectivity index (χ3n) is 2.91. The van der Waals surface area contributed by atoms with Crippen LogP contribution in [-0.2, 0) is 4.79 Å². The maximum atomic E-state index is 12.1. The Hall–Kier alpha value is -1.46. The third kappa shape index (κ3) is 3.52. The van der Waals surface area contributed by atoms with E-state index in [9.17, 15) is 4.79 Å². The SMILES string of the molecule is CNC(C)(C)C(=O)Nc1cc(OC)c(Cl)cc1OC. The molecule has 2 N–H and O–H groups in total. The predicted molar refractivity (Wildman–Crippen MR) is 76.3 cm³/mol. The molecule has 0 unspecified atom stereocenters. The number of methoxy groups -OCH3 is 2. The van der Waals surface area contributed by atoms with Crippen LogP contribution >= 0.6 is 11.6 Å². The van der Waals surface area contributed by atoms with E-state index in [4.69, 9.17) is 21.1 Å². The van der Waals surface area contributed by atoms with Crippen molar-refractivity contribution in [2.24, 2.45) is 0 Å². The zero-order chi connectivity index (χ0) is 14.6. The van der Waals surface area contributed by atoms with Gasteiger partial charge in [-0.3, -0.25) is 4.79 Å². The number of ether oxygens (including phenoxy) is 2. The van der Waals surface area contributed by atoms with E-state index >= 15 is 0 Å². The second kappa shape index (κ2) is 6.12. The Bertz CT molecular complexity index is 475. The van der Waals surface area contributed by atoms with E-state index in [1.54, 1.807) is 33.0 Å². The molecule has 6 heteroatoms. The highest BCUT2D eigenvalue weighted by atomic mass is 35.5. The average molecular weight is 287 g/mol. The fraction of sp³-hybridized carbons (Fsp3) is 0.462. The largest absolute Gasteiger partial charge is 0.495 e. The highest BCUT2D eigenvalue weighted by Gasteiger charge is 2.26. The van der Waals surface area contributed by atoms with Gasteiger partial charge in [0.25, 0.3) is 0 Å². The summed E-state index contributed by atoms with van der Waals surface area (Å²) in [7, 11) is 4.74. The molecule has 1 aromatic carbocycles. The zero-order valence-electron chi connectivity index (χ0n) is 11.8. The molecule has 5 nitrogen and oxygen atoms in total. The lowest BCUT2D eigenvalue weighted by Gasteiger charge is -2.23. The molecule has 1 amide bonds. The molecule has 0 bridgehead atoms. The third-order valence-corrected chi connectivity index (χ3v) is 3.21. The molecule has 1 rings (SSSR count). The molecule has 0 atom stereocenters. The van der Waals surface area contributed by atoms with Gasteiger partial charge in [0.15, 0.2) is 0 Å². The van der Waals surface area contributed by atoms with Crippen molar-refractivity contribution in [3.05, 3.63) is 17.2 Å². The standard InChI is InChI=1S/C13H19ClN2O3/c1-13(2,15-3)12(17)16-9-7-10(18-4)8(14)6-11(9)19-5/h6-7,15H,1-5H3,(H,16,17). The summed E-state index contributed by atoms with van der Waals surface area (Å²) in [6.07, 6.45) is 0. The molecule has 0 heterocycles. The molecule has 106 valence electrons. The first-order valence-corrected chi connectivity index (χ1v) is 6.15. The van der Waals surface area contributed by atoms with E-state index in [1.807, 2.05) is 0 Å². The van der Waals surface area contributed by atoms with Gasteiger partial charge in [0, 0.05) is 12.1 Å². The molecule has 0 aliphatic carbocycles. The van der Waals surface area contributed by atoms with Crippen molar-refractivity contribution < 1.29 is 14.3 Å². The van der Waals surface area contributed by atoms with Crippen LogP contribution in [0, 0.1) is 0 Å². The first-order chi connectivity index (χ1) is 8.85. The van der Waals surface area contributed by atoms with E-state index < -0.39 is 5.54 Å². The molecular formula is C13H19ClN2O3. The van der Waals surface area contributed by atoms with Crippen LogP contribution in [0.5, 0.6) is 11.5 Å². The number of halogens is 1. The number of benzene rings is 1. The minimum absolute atomic E-state index is 0.183. The number of likely N-dealkylation sites (N-methyl/N-ethyl adjacent to an activating group) is 1. The number of carbonyl (C=O) groups is 1. The van der Waals surface area contributed by atoms with Crippen LogP contribution in [0.25, 0.3) is 0 Å². The predicted octanol–water partition coefficient (Wildman–Crippen LogP) is 2.29. The van der Waals surface area contributed by atoms with Gasteiger partial charge in [-0.05, 0) is 20.9 Å². The van der Waals surface area contributed by atoms with Gasteiger partial charge in [-0.2, -0.15) is 0 Å². The highest BCUT2D eigenvalue weighted by Crippen LogP contribution is 2.36. The number of nitrogens with one attached hydrogen (secondary N) is 2. The molecular weight excluding hydrogens is 268 g/mol. The molecule has 0 radical (unpaired) electrons. The van der Waals surface area contributed by atoms with Crippen LogP contribution in [0.2, 0.25) is 5.02 Å². The van der Waals surface area contributed by atoms with Gasteiger partial charge >= 0.3 is 0 Å². The summed E-state index contributed by atoms with van der Waals surface area (Å²) < 4.78 is 10.3. The Labute approximate surface area is 118 Å². The molecule has 19 heavy (non-hydrogen) atoms. The first-order valence-electron chi connectivity index (χ1n) is 5.77. The van der Waals surface area contributed by atoms with E-state index in [2.05, 4.69) is 10.6 Å². The number of carbonyl (C=O) groups excluding carboxylic acids is 1. The normalized spacial score (nSPS) is 11.1. The molecule has 0 fully saturated rings. The fourth-order valence-corrected chi connectivity index (χ4v) is 1.58. The summed E-state index contributed by atoms with van der Waals surface area (Å²) >= 11 is 6.00. The Morgan fingerprint density at radius 3 is 2.26 bits per heavy atom. The second-order valence-electron chi connectivity index (χ2n) is 4.52. The molecule has 0 saturated carbocycles. The lowest BCUT2D eigenvalue weighted by Crippen LogP contribution is -2.47. The first kappa shape index (κ1) is 15.6. The smallest absolute Gasteiger partial charge is 0.244 e. The molecule has 0 aromatic heterocycles. The minimum atomic E-state index is -0.697. The van der Waals surface area contributed by atoms with Crippen molar-refractivity contribution in [1.29, 1.82) is 0 Å². The maximum Gasteiger partial charge on any atom is 0.244 e. The Kier molecular flexibility index (Phi) is 5.03. The van der Waals surface area contributed by atoms with Gasteiger partial charge in [0.2, 0.25) is 5.91 Å². The highest BCUT2D eigenvalue weighted by molar-refractivity contribution is 6.32. The second-order valence-corrected chi connectivity index (χ2v) is 4.92. The van der Waals surface area contributed by atoms with E-state index in [0.29, 0.717) is 22.2 Å². The van der Waals surface area contributed by atoms with E-state index in [1.165, 1.54) is 14.2 Å². The van der Waals surface area contributed by atoms with Crippen LogP contribution in [0.4, 0.5) is 5.69 Å². The van der Waals surface area contributed by atoms with Crippen LogP contribution in [-0.4, -0.2) is 32.7 Å². The average Bonchev–Trinajstić information content (AvgIpc) is 2.39. The molecule has 0 aliphatic heterocycles. The van der Waals surface area contributed by atoms with Crippen molar-refractivity contribution in [1.82, 2.24) is 5.32 Å². The Morgan fingerprint density at radius 1 is 1.21 bits per heavy atom. The maximum absolute atomic E-state index is 12.1. The topological polar surface area (TPSA) is 59.6 Å². The minimum Gasteiger partial charge on any atom is -0.495 e. The Morgan fingerprint density at radius 2 is 1.79 bits per heavy atom. The zero-order valence-corrected chi connectivity index (χ0v) is 12.5. The Balaban J connectivity index is 3.09. The summed E-state index contributed by atoms with van der Waals surface area (Å²) in [6.45, 7) is 3.56. The van der Waals surface area contributed by atoms with Gasteiger partial charge in [-0.15, -0.1) is 0 Å².